The molecule has 0 saturated heterocycles. The topological polar surface area (TPSA) is 196 Å². The van der Waals surface area contributed by atoms with Crippen molar-refractivity contribution in [2.24, 2.45) is 11.1 Å². The van der Waals surface area contributed by atoms with E-state index in [2.05, 4.69) is 31.9 Å². The first-order valence-electron chi connectivity index (χ1n) is 17.2. The molecule has 0 radical (unpaired) electrons. The second-order valence-electron chi connectivity index (χ2n) is 13.5. The molecule has 0 aliphatic carbocycles. The zero-order chi connectivity index (χ0) is 42.2. The summed E-state index contributed by atoms with van der Waals surface area (Å²) >= 11 is 3.00. The average molecular weight is 862 g/mol. The van der Waals surface area contributed by atoms with Gasteiger partial charge in [-0.15, -0.1) is 0 Å². The standard InChI is InChI=1S/C35H45BrF2N6O5.C2HF3O2/c1-35(2,3)33(29-16-24(26-17-25(37)10-11-27(26)38)21-43(29)20-23-8-5-4-6-9-23)44(32(48)22-45)15-12-28(39)34(49)41-14-7-13-40-31(47)19-42-30(46)18-36;3-2(4,5)1(6)7/h4-6,8-11,16-17,21,28,33,45H,7,12-15,18-20,22,39H2,1-3H3,(H,40,47)(H,41,49)(H,42,46);(H,6,7). The van der Waals surface area contributed by atoms with Crippen molar-refractivity contribution in [1.82, 2.24) is 25.4 Å². The summed E-state index contributed by atoms with van der Waals surface area (Å²) in [6.07, 6.45) is -2.87. The minimum atomic E-state index is -5.08. The normalized spacial score (nSPS) is 12.4. The molecule has 3 rings (SSSR count). The number of carbonyl (C=O) groups excluding carboxylic acids is 4. The number of nitrogens with one attached hydrogen (secondary N) is 3. The third kappa shape index (κ3) is 15.3. The highest BCUT2D eigenvalue weighted by atomic mass is 79.9. The highest BCUT2D eigenvalue weighted by Gasteiger charge is 2.39. The molecule has 0 bridgehead atoms. The SMILES string of the molecule is CC(C)(C)C(c1cc(-c2cc(F)ccc2F)cn1Cc1ccccc1)N(CCC(N)C(=O)NCCCNC(=O)CNC(=O)CBr)C(=O)CO.O=C(O)C(F)(F)F. The fraction of sp³-hybridized carbons (Fsp3) is 0.432. The number of halogens is 6. The van der Waals surface area contributed by atoms with E-state index in [0.717, 1.165) is 23.8 Å². The predicted molar refractivity (Wildman–Crippen MR) is 200 cm³/mol. The minimum absolute atomic E-state index is 0.0201. The predicted octanol–water partition coefficient (Wildman–Crippen LogP) is 3.87. The maximum Gasteiger partial charge on any atom is 0.490 e. The number of aromatic nitrogens is 1. The molecule has 1 aromatic heterocycles. The number of hydrogen-bond acceptors (Lipinski definition) is 7. The summed E-state index contributed by atoms with van der Waals surface area (Å²) in [7, 11) is 0. The van der Waals surface area contributed by atoms with Crippen LogP contribution in [0.5, 0.6) is 0 Å². The quantitative estimate of drug-likeness (QED) is 0.0669. The van der Waals surface area contributed by atoms with Gasteiger partial charge in [0.25, 0.3) is 0 Å². The van der Waals surface area contributed by atoms with Gasteiger partial charge in [0.15, 0.2) is 0 Å². The lowest BCUT2D eigenvalue weighted by Gasteiger charge is -2.41. The van der Waals surface area contributed by atoms with E-state index in [1.165, 1.54) is 4.90 Å². The smallest absolute Gasteiger partial charge is 0.475 e. The molecular weight excluding hydrogens is 815 g/mol. The summed E-state index contributed by atoms with van der Waals surface area (Å²) in [6, 6.07) is 12.9. The number of carbonyl (C=O) groups is 5. The lowest BCUT2D eigenvalue weighted by Crippen LogP contribution is -2.47. The number of carboxylic acids is 1. The van der Waals surface area contributed by atoms with Crippen LogP contribution in [0.15, 0.2) is 60.8 Å². The first-order chi connectivity index (χ1) is 26.2. The lowest BCUT2D eigenvalue weighted by atomic mass is 9.82. The van der Waals surface area contributed by atoms with Gasteiger partial charge in [-0.2, -0.15) is 13.2 Å². The Kier molecular flexibility index (Phi) is 18.6. The van der Waals surface area contributed by atoms with Crippen molar-refractivity contribution in [3.63, 3.8) is 0 Å². The fourth-order valence-electron chi connectivity index (χ4n) is 5.46. The number of hydrogen-bond donors (Lipinski definition) is 6. The van der Waals surface area contributed by atoms with Crippen molar-refractivity contribution in [2.45, 2.75) is 58.4 Å². The zero-order valence-corrected chi connectivity index (χ0v) is 32.6. The van der Waals surface area contributed by atoms with Crippen molar-refractivity contribution in [3.05, 3.63) is 83.7 Å². The zero-order valence-electron chi connectivity index (χ0n) is 31.0. The van der Waals surface area contributed by atoms with Crippen LogP contribution in [0.1, 0.15) is 50.9 Å². The van der Waals surface area contributed by atoms with E-state index in [0.29, 0.717) is 24.2 Å². The molecule has 2 atom stereocenters. The van der Waals surface area contributed by atoms with Gasteiger partial charge in [-0.3, -0.25) is 19.2 Å². The van der Waals surface area contributed by atoms with Gasteiger partial charge in [0, 0.05) is 49.2 Å². The Morgan fingerprint density at radius 1 is 0.929 bits per heavy atom. The van der Waals surface area contributed by atoms with Crippen LogP contribution in [-0.4, -0.2) is 99.6 Å². The van der Waals surface area contributed by atoms with Gasteiger partial charge < -0.3 is 41.4 Å². The fourth-order valence-corrected chi connectivity index (χ4v) is 5.66. The highest BCUT2D eigenvalue weighted by molar-refractivity contribution is 9.09. The first kappa shape index (κ1) is 47.3. The van der Waals surface area contributed by atoms with Crippen molar-refractivity contribution < 1.29 is 56.1 Å². The number of alkyl halides is 4. The van der Waals surface area contributed by atoms with E-state index in [9.17, 15) is 46.2 Å². The third-order valence-electron chi connectivity index (χ3n) is 8.04. The Labute approximate surface area is 328 Å². The first-order valence-corrected chi connectivity index (χ1v) is 18.3. The second kappa shape index (κ2) is 22.0. The Bertz CT molecular complexity index is 1790. The van der Waals surface area contributed by atoms with Crippen LogP contribution in [-0.2, 0) is 30.5 Å². The van der Waals surface area contributed by atoms with Gasteiger partial charge in [-0.25, -0.2) is 13.6 Å². The molecule has 4 amide bonds. The van der Waals surface area contributed by atoms with Crippen LogP contribution in [0.4, 0.5) is 22.0 Å². The van der Waals surface area contributed by atoms with Crippen molar-refractivity contribution >= 4 is 45.5 Å². The van der Waals surface area contributed by atoms with Crippen LogP contribution in [0, 0.1) is 17.0 Å². The molecule has 308 valence electrons. The number of amides is 4. The van der Waals surface area contributed by atoms with Crippen LogP contribution in [0.3, 0.4) is 0 Å². The Hall–Kier alpha value is -4.88. The van der Waals surface area contributed by atoms with E-state index in [4.69, 9.17) is 15.6 Å². The van der Waals surface area contributed by atoms with E-state index in [1.54, 1.807) is 12.3 Å². The monoisotopic (exact) mass is 860 g/mol. The minimum Gasteiger partial charge on any atom is -0.475 e. The third-order valence-corrected chi connectivity index (χ3v) is 8.54. The molecule has 1 heterocycles. The summed E-state index contributed by atoms with van der Waals surface area (Å²) < 4.78 is 62.8. The number of nitrogens with two attached hydrogens (primary N) is 1. The molecule has 2 unspecified atom stereocenters. The number of aliphatic carboxylic acids is 1. The number of carboxylic acid groups (broad SMARTS) is 1. The Morgan fingerprint density at radius 2 is 1.55 bits per heavy atom. The van der Waals surface area contributed by atoms with E-state index in [1.807, 2.05) is 55.7 Å². The molecule has 0 aliphatic heterocycles. The molecule has 19 heteroatoms. The molecule has 0 spiro atoms. The van der Waals surface area contributed by atoms with Gasteiger partial charge in [-0.1, -0.05) is 67.0 Å². The van der Waals surface area contributed by atoms with Gasteiger partial charge in [0.05, 0.1) is 24.0 Å². The number of benzene rings is 2. The summed E-state index contributed by atoms with van der Waals surface area (Å²) in [5.41, 5.74) is 7.67. The highest BCUT2D eigenvalue weighted by Crippen LogP contribution is 2.41. The van der Waals surface area contributed by atoms with Crippen molar-refractivity contribution in [1.29, 1.82) is 0 Å². The number of nitrogens with zero attached hydrogens (tertiary/aromatic N) is 2. The molecule has 0 saturated carbocycles. The largest absolute Gasteiger partial charge is 0.490 e. The second-order valence-corrected chi connectivity index (χ2v) is 14.1. The maximum atomic E-state index is 15.0. The van der Waals surface area contributed by atoms with Crippen LogP contribution in [0.25, 0.3) is 11.1 Å². The van der Waals surface area contributed by atoms with Gasteiger partial charge in [0.2, 0.25) is 23.6 Å². The number of rotatable bonds is 17. The van der Waals surface area contributed by atoms with Gasteiger partial charge in [-0.05, 0) is 48.1 Å². The Balaban J connectivity index is 0.00000141. The molecular formula is C37H46BrF5N6O7. The van der Waals surface area contributed by atoms with Gasteiger partial charge in [0.1, 0.15) is 18.2 Å². The van der Waals surface area contributed by atoms with E-state index in [-0.39, 0.29) is 55.3 Å². The summed E-state index contributed by atoms with van der Waals surface area (Å²) in [5, 5.41) is 25.0. The van der Waals surface area contributed by atoms with Crippen molar-refractivity contribution in [3.8, 4) is 11.1 Å². The van der Waals surface area contributed by atoms with Crippen LogP contribution >= 0.6 is 15.9 Å². The molecule has 13 nitrogen and oxygen atoms in total. The van der Waals surface area contributed by atoms with Crippen LogP contribution < -0.4 is 21.7 Å². The average Bonchev–Trinajstić information content (AvgIpc) is 3.54. The molecule has 0 aliphatic rings. The maximum absolute atomic E-state index is 15.0. The number of aliphatic hydroxyl groups excluding tert-OH is 1. The summed E-state index contributed by atoms with van der Waals surface area (Å²) in [6.45, 7) is 5.74. The van der Waals surface area contributed by atoms with Crippen molar-refractivity contribution in [2.75, 3.05) is 38.1 Å². The lowest BCUT2D eigenvalue weighted by molar-refractivity contribution is -0.192. The summed E-state index contributed by atoms with van der Waals surface area (Å²) in [5.74, 6) is -5.65. The molecule has 2 aromatic carbocycles. The molecule has 56 heavy (non-hydrogen) atoms. The summed E-state index contributed by atoms with van der Waals surface area (Å²) in [4.78, 5) is 59.6. The van der Waals surface area contributed by atoms with Crippen LogP contribution in [0.2, 0.25) is 0 Å². The van der Waals surface area contributed by atoms with E-state index < -0.39 is 59.7 Å². The molecule has 7 N–H and O–H groups in total. The van der Waals surface area contributed by atoms with Gasteiger partial charge >= 0.3 is 12.1 Å². The number of aliphatic hydroxyl groups is 1. The molecule has 3 aromatic rings. The van der Waals surface area contributed by atoms with E-state index >= 15 is 0 Å². The Morgan fingerprint density at radius 3 is 2.12 bits per heavy atom. The molecule has 0 fully saturated rings.